The zero-order valence-corrected chi connectivity index (χ0v) is 14.7. The molecule has 3 rings (SSSR count). The molecule has 3 aromatic rings. The Balaban J connectivity index is 2.01. The standard InChI is InChI=1S/C20H20N2O4/c1-3-25-18-11-7-10-15(17-12-16(20(23)24)21-22(17)2)19(18)26-13-14-8-5-4-6-9-14/h4-12H,3,13H2,1-2H3,(H,23,24). The first-order valence-electron chi connectivity index (χ1n) is 8.30. The Bertz CT molecular complexity index is 903. The third-order valence-electron chi connectivity index (χ3n) is 3.88. The van der Waals surface area contributed by atoms with Crippen LogP contribution in [0.15, 0.2) is 54.6 Å². The van der Waals surface area contributed by atoms with Crippen LogP contribution >= 0.6 is 0 Å². The Hall–Kier alpha value is -3.28. The number of para-hydroxylation sites is 1. The molecular formula is C20H20N2O4. The summed E-state index contributed by atoms with van der Waals surface area (Å²) in [4.78, 5) is 11.2. The first-order valence-corrected chi connectivity index (χ1v) is 8.30. The van der Waals surface area contributed by atoms with E-state index in [9.17, 15) is 9.90 Å². The minimum atomic E-state index is -1.07. The van der Waals surface area contributed by atoms with Crippen LogP contribution in [0.25, 0.3) is 11.3 Å². The molecule has 0 bridgehead atoms. The van der Waals surface area contributed by atoms with Gasteiger partial charge in [0, 0.05) is 12.6 Å². The van der Waals surface area contributed by atoms with E-state index < -0.39 is 5.97 Å². The molecule has 0 radical (unpaired) electrons. The van der Waals surface area contributed by atoms with E-state index in [1.165, 1.54) is 10.7 Å². The molecule has 0 aliphatic heterocycles. The molecule has 0 aliphatic rings. The summed E-state index contributed by atoms with van der Waals surface area (Å²) >= 11 is 0. The van der Waals surface area contributed by atoms with E-state index in [1.54, 1.807) is 7.05 Å². The van der Waals surface area contributed by atoms with Crippen molar-refractivity contribution in [2.75, 3.05) is 6.61 Å². The first-order chi connectivity index (χ1) is 12.6. The van der Waals surface area contributed by atoms with E-state index in [0.29, 0.717) is 30.4 Å². The summed E-state index contributed by atoms with van der Waals surface area (Å²) in [5.74, 6) is 0.108. The van der Waals surface area contributed by atoms with Crippen LogP contribution in [0.5, 0.6) is 11.5 Å². The van der Waals surface area contributed by atoms with E-state index in [-0.39, 0.29) is 5.69 Å². The van der Waals surface area contributed by atoms with E-state index in [0.717, 1.165) is 11.1 Å². The third kappa shape index (κ3) is 3.69. The topological polar surface area (TPSA) is 73.6 Å². The van der Waals surface area contributed by atoms with Gasteiger partial charge >= 0.3 is 5.97 Å². The van der Waals surface area contributed by atoms with Gasteiger partial charge in [0.05, 0.1) is 12.3 Å². The molecule has 0 amide bonds. The van der Waals surface area contributed by atoms with Gasteiger partial charge in [-0.2, -0.15) is 5.10 Å². The number of aryl methyl sites for hydroxylation is 1. The Morgan fingerprint density at radius 2 is 1.88 bits per heavy atom. The summed E-state index contributed by atoms with van der Waals surface area (Å²) in [6.45, 7) is 2.78. The minimum Gasteiger partial charge on any atom is -0.490 e. The maximum Gasteiger partial charge on any atom is 0.356 e. The minimum absolute atomic E-state index is 0.0154. The number of carboxylic acids is 1. The third-order valence-corrected chi connectivity index (χ3v) is 3.88. The van der Waals surface area contributed by atoms with Crippen molar-refractivity contribution in [2.45, 2.75) is 13.5 Å². The molecule has 1 N–H and O–H groups in total. The zero-order chi connectivity index (χ0) is 18.5. The van der Waals surface area contributed by atoms with Crippen molar-refractivity contribution in [1.29, 1.82) is 0 Å². The number of carbonyl (C=O) groups is 1. The quantitative estimate of drug-likeness (QED) is 0.701. The van der Waals surface area contributed by atoms with Gasteiger partial charge in [0.15, 0.2) is 17.2 Å². The lowest BCUT2D eigenvalue weighted by Crippen LogP contribution is -2.03. The number of hydrogen-bond donors (Lipinski definition) is 1. The molecule has 0 saturated heterocycles. The Morgan fingerprint density at radius 3 is 2.54 bits per heavy atom. The van der Waals surface area contributed by atoms with Crippen LogP contribution in [0, 0.1) is 0 Å². The van der Waals surface area contributed by atoms with Gasteiger partial charge in [-0.15, -0.1) is 0 Å². The Kier molecular flexibility index (Phi) is 5.22. The summed E-state index contributed by atoms with van der Waals surface area (Å²) in [5.41, 5.74) is 2.39. The molecule has 0 fully saturated rings. The van der Waals surface area contributed by atoms with Gasteiger partial charge in [0.1, 0.15) is 6.61 Å². The number of nitrogens with zero attached hydrogens (tertiary/aromatic N) is 2. The highest BCUT2D eigenvalue weighted by atomic mass is 16.5. The monoisotopic (exact) mass is 352 g/mol. The average molecular weight is 352 g/mol. The number of ether oxygens (including phenoxy) is 2. The maximum atomic E-state index is 11.2. The number of carboxylic acid groups (broad SMARTS) is 1. The normalized spacial score (nSPS) is 10.5. The van der Waals surface area contributed by atoms with Crippen molar-refractivity contribution in [1.82, 2.24) is 9.78 Å². The molecule has 0 spiro atoms. The molecule has 26 heavy (non-hydrogen) atoms. The number of rotatable bonds is 7. The van der Waals surface area contributed by atoms with Gasteiger partial charge in [-0.1, -0.05) is 36.4 Å². The predicted octanol–water partition coefficient (Wildman–Crippen LogP) is 3.76. The van der Waals surface area contributed by atoms with Crippen LogP contribution in [0.2, 0.25) is 0 Å². The summed E-state index contributed by atoms with van der Waals surface area (Å²) in [6, 6.07) is 16.9. The van der Waals surface area contributed by atoms with Gasteiger partial charge in [-0.25, -0.2) is 4.79 Å². The van der Waals surface area contributed by atoms with Gasteiger partial charge < -0.3 is 14.6 Å². The van der Waals surface area contributed by atoms with E-state index >= 15 is 0 Å². The van der Waals surface area contributed by atoms with Crippen molar-refractivity contribution in [3.8, 4) is 22.8 Å². The second kappa shape index (κ2) is 7.74. The predicted molar refractivity (Wildman–Crippen MR) is 97.5 cm³/mol. The van der Waals surface area contributed by atoms with Crippen molar-refractivity contribution in [2.24, 2.45) is 7.05 Å². The lowest BCUT2D eigenvalue weighted by atomic mass is 10.1. The molecule has 0 unspecified atom stereocenters. The fraction of sp³-hybridized carbons (Fsp3) is 0.200. The molecule has 6 heteroatoms. The van der Waals surface area contributed by atoms with E-state index in [2.05, 4.69) is 5.10 Å². The first kappa shape index (κ1) is 17.5. The van der Waals surface area contributed by atoms with Gasteiger partial charge in [-0.3, -0.25) is 4.68 Å². The van der Waals surface area contributed by atoms with Crippen molar-refractivity contribution >= 4 is 5.97 Å². The average Bonchev–Trinajstić information content (AvgIpc) is 3.03. The lowest BCUT2D eigenvalue weighted by molar-refractivity contribution is 0.0689. The fourth-order valence-electron chi connectivity index (χ4n) is 2.69. The van der Waals surface area contributed by atoms with Crippen molar-refractivity contribution < 1.29 is 19.4 Å². The fourth-order valence-corrected chi connectivity index (χ4v) is 2.69. The Labute approximate surface area is 151 Å². The molecule has 0 aliphatic carbocycles. The zero-order valence-electron chi connectivity index (χ0n) is 14.7. The van der Waals surface area contributed by atoms with Gasteiger partial charge in [0.25, 0.3) is 0 Å². The Morgan fingerprint density at radius 1 is 1.12 bits per heavy atom. The highest BCUT2D eigenvalue weighted by molar-refractivity contribution is 5.87. The number of aromatic nitrogens is 2. The van der Waals surface area contributed by atoms with Crippen molar-refractivity contribution in [3.05, 3.63) is 65.9 Å². The smallest absolute Gasteiger partial charge is 0.356 e. The van der Waals surface area contributed by atoms with Crippen LogP contribution in [0.1, 0.15) is 23.0 Å². The molecule has 6 nitrogen and oxygen atoms in total. The van der Waals surface area contributed by atoms with Gasteiger partial charge in [0.2, 0.25) is 0 Å². The van der Waals surface area contributed by atoms with Crippen LogP contribution in [0.3, 0.4) is 0 Å². The molecular weight excluding hydrogens is 332 g/mol. The van der Waals surface area contributed by atoms with Crippen LogP contribution < -0.4 is 9.47 Å². The highest BCUT2D eigenvalue weighted by Gasteiger charge is 2.19. The molecule has 2 aromatic carbocycles. The van der Waals surface area contributed by atoms with Gasteiger partial charge in [-0.05, 0) is 30.7 Å². The number of benzene rings is 2. The summed E-state index contributed by atoms with van der Waals surface area (Å²) in [5, 5.41) is 13.2. The largest absolute Gasteiger partial charge is 0.490 e. The maximum absolute atomic E-state index is 11.2. The second-order valence-corrected chi connectivity index (χ2v) is 5.68. The highest BCUT2D eigenvalue weighted by Crippen LogP contribution is 2.38. The second-order valence-electron chi connectivity index (χ2n) is 5.68. The van der Waals surface area contributed by atoms with Crippen LogP contribution in [-0.2, 0) is 13.7 Å². The molecule has 1 heterocycles. The summed E-state index contributed by atoms with van der Waals surface area (Å²) in [6.07, 6.45) is 0. The van der Waals surface area contributed by atoms with Crippen LogP contribution in [0.4, 0.5) is 0 Å². The molecule has 1 aromatic heterocycles. The summed E-state index contributed by atoms with van der Waals surface area (Å²) in [7, 11) is 1.70. The van der Waals surface area contributed by atoms with E-state index in [4.69, 9.17) is 9.47 Å². The molecule has 0 atom stereocenters. The number of hydrogen-bond acceptors (Lipinski definition) is 4. The van der Waals surface area contributed by atoms with Crippen LogP contribution in [-0.4, -0.2) is 27.5 Å². The van der Waals surface area contributed by atoms with E-state index in [1.807, 2.05) is 55.5 Å². The SMILES string of the molecule is CCOc1cccc(-c2cc(C(=O)O)nn2C)c1OCc1ccccc1. The lowest BCUT2D eigenvalue weighted by Gasteiger charge is -2.16. The number of aromatic carboxylic acids is 1. The summed E-state index contributed by atoms with van der Waals surface area (Å²) < 4.78 is 13.3. The molecule has 134 valence electrons. The molecule has 0 saturated carbocycles. The van der Waals surface area contributed by atoms with Crippen molar-refractivity contribution in [3.63, 3.8) is 0 Å².